The van der Waals surface area contributed by atoms with Crippen LogP contribution in [-0.2, 0) is 25.3 Å². The van der Waals surface area contributed by atoms with Gasteiger partial charge < -0.3 is 19.8 Å². The first-order chi connectivity index (χ1) is 21.2. The Balaban J connectivity index is 1.32. The van der Waals surface area contributed by atoms with Crippen LogP contribution < -0.4 is 16.2 Å². The van der Waals surface area contributed by atoms with Gasteiger partial charge in [-0.1, -0.05) is 30.3 Å². The van der Waals surface area contributed by atoms with Crippen LogP contribution >= 0.6 is 0 Å². The molecule has 2 amide bonds. The highest BCUT2D eigenvalue weighted by atomic mass is 16.2. The molecule has 10 heteroatoms. The van der Waals surface area contributed by atoms with Gasteiger partial charge in [-0.05, 0) is 78.8 Å². The van der Waals surface area contributed by atoms with E-state index in [1.54, 1.807) is 42.5 Å². The van der Waals surface area contributed by atoms with Gasteiger partial charge in [0.05, 0.1) is 18.2 Å². The number of carbonyl (C=O) groups is 2. The van der Waals surface area contributed by atoms with E-state index in [-0.39, 0.29) is 29.3 Å². The molecule has 0 bridgehead atoms. The molecule has 0 aliphatic heterocycles. The summed E-state index contributed by atoms with van der Waals surface area (Å²) in [5, 5.41) is 10.2. The quantitative estimate of drug-likeness (QED) is 0.272. The summed E-state index contributed by atoms with van der Waals surface area (Å²) in [6.07, 6.45) is 8.46. The molecule has 2 N–H and O–H groups in total. The Morgan fingerprint density at radius 2 is 1.70 bits per heavy atom. The number of imidazole rings is 1. The average molecular weight is 590 g/mol. The second kappa shape index (κ2) is 11.8. The Kier molecular flexibility index (Phi) is 7.73. The second-order valence-electron chi connectivity index (χ2n) is 11.6. The number of amides is 2. The number of nitrogens with one attached hydrogen (secondary N) is 2. The first-order valence-corrected chi connectivity index (χ1v) is 14.7. The molecule has 1 aliphatic carbocycles. The fourth-order valence-corrected chi connectivity index (χ4v) is 5.98. The molecule has 1 aliphatic rings. The van der Waals surface area contributed by atoms with Crippen molar-refractivity contribution in [3.63, 3.8) is 0 Å². The monoisotopic (exact) mass is 589 g/mol. The lowest BCUT2D eigenvalue weighted by molar-refractivity contribution is -0.118. The van der Waals surface area contributed by atoms with Gasteiger partial charge in [-0.3, -0.25) is 19.1 Å². The maximum atomic E-state index is 14.0. The van der Waals surface area contributed by atoms with Crippen LogP contribution in [0.3, 0.4) is 0 Å². The summed E-state index contributed by atoms with van der Waals surface area (Å²) in [4.78, 5) is 43.9. The molecule has 1 unspecified atom stereocenters. The zero-order valence-corrected chi connectivity index (χ0v) is 25.2. The Labute approximate surface area is 255 Å². The summed E-state index contributed by atoms with van der Waals surface area (Å²) in [5.41, 5.74) is 6.91. The van der Waals surface area contributed by atoms with Crippen LogP contribution in [-0.4, -0.2) is 41.8 Å². The van der Waals surface area contributed by atoms with Crippen molar-refractivity contribution < 1.29 is 9.59 Å². The van der Waals surface area contributed by atoms with E-state index in [9.17, 15) is 14.4 Å². The number of hydrogen-bond acceptors (Lipinski definition) is 5. The number of anilines is 1. The maximum Gasteiger partial charge on any atom is 0.270 e. The Morgan fingerprint density at radius 1 is 0.955 bits per heavy atom. The van der Waals surface area contributed by atoms with E-state index in [0.717, 1.165) is 39.9 Å². The van der Waals surface area contributed by atoms with Crippen molar-refractivity contribution in [2.75, 3.05) is 5.32 Å². The van der Waals surface area contributed by atoms with E-state index in [4.69, 9.17) is 0 Å². The van der Waals surface area contributed by atoms with Crippen molar-refractivity contribution in [2.45, 2.75) is 44.7 Å². The zero-order valence-electron chi connectivity index (χ0n) is 25.2. The maximum absolute atomic E-state index is 14.0. The molecule has 224 valence electrons. The molecule has 3 heterocycles. The lowest BCUT2D eigenvalue weighted by Gasteiger charge is -2.25. The highest BCUT2D eigenvalue weighted by Crippen LogP contribution is 2.38. The molecule has 10 nitrogen and oxygen atoms in total. The van der Waals surface area contributed by atoms with Crippen molar-refractivity contribution in [1.29, 1.82) is 0 Å². The van der Waals surface area contributed by atoms with Crippen LogP contribution in [0.2, 0.25) is 0 Å². The summed E-state index contributed by atoms with van der Waals surface area (Å²) in [6.45, 7) is 3.95. The highest BCUT2D eigenvalue weighted by Gasteiger charge is 2.36. The lowest BCUT2D eigenvalue weighted by Crippen LogP contribution is -2.47. The molecule has 44 heavy (non-hydrogen) atoms. The third-order valence-corrected chi connectivity index (χ3v) is 8.39. The number of rotatable bonds is 8. The number of hydrogen-bond donors (Lipinski definition) is 2. The first kappa shape index (κ1) is 28.9. The van der Waals surface area contributed by atoms with Crippen molar-refractivity contribution in [2.24, 2.45) is 14.1 Å². The van der Waals surface area contributed by atoms with Crippen molar-refractivity contribution in [3.8, 4) is 22.4 Å². The van der Waals surface area contributed by atoms with E-state index in [0.29, 0.717) is 17.8 Å². The number of fused-ring (bicyclic) bond motifs is 1. The van der Waals surface area contributed by atoms with Crippen molar-refractivity contribution >= 4 is 17.5 Å². The Hall–Kier alpha value is -5.25. The third-order valence-electron chi connectivity index (χ3n) is 8.39. The second-order valence-corrected chi connectivity index (χ2v) is 11.6. The molecule has 3 aromatic heterocycles. The molecule has 2 atom stereocenters. The average Bonchev–Trinajstić information content (AvgIpc) is 3.75. The minimum absolute atomic E-state index is 0.0260. The molecule has 0 fully saturated rings. The number of benzene rings is 2. The van der Waals surface area contributed by atoms with Crippen LogP contribution in [0.1, 0.15) is 53.8 Å². The van der Waals surface area contributed by atoms with Gasteiger partial charge in [0.2, 0.25) is 5.91 Å². The highest BCUT2D eigenvalue weighted by molar-refractivity contribution is 6.01. The van der Waals surface area contributed by atoms with Crippen molar-refractivity contribution in [1.82, 2.24) is 29.2 Å². The molecule has 2 aromatic carbocycles. The number of carbonyl (C=O) groups excluding carboxylic acids is 2. The number of aromatic nitrogens is 5. The van der Waals surface area contributed by atoms with Crippen LogP contribution in [0, 0.1) is 0 Å². The van der Waals surface area contributed by atoms with Gasteiger partial charge in [-0.15, -0.1) is 0 Å². The van der Waals surface area contributed by atoms with Gasteiger partial charge in [0.25, 0.3) is 11.5 Å². The van der Waals surface area contributed by atoms with E-state index in [1.807, 2.05) is 62.0 Å². The van der Waals surface area contributed by atoms with Crippen LogP contribution in [0.4, 0.5) is 5.69 Å². The fraction of sp³-hybridized carbons (Fsp3) is 0.265. The van der Waals surface area contributed by atoms with Gasteiger partial charge >= 0.3 is 0 Å². The molecule has 5 aromatic rings. The lowest BCUT2D eigenvalue weighted by atomic mass is 9.90. The van der Waals surface area contributed by atoms with Gasteiger partial charge in [-0.25, -0.2) is 4.98 Å². The minimum atomic E-state index is -0.838. The number of pyridine rings is 1. The summed E-state index contributed by atoms with van der Waals surface area (Å²) in [6, 6.07) is 18.0. The summed E-state index contributed by atoms with van der Waals surface area (Å²) < 4.78 is 5.14. The van der Waals surface area contributed by atoms with Crippen molar-refractivity contribution in [3.05, 3.63) is 113 Å². The largest absolute Gasteiger partial charge is 0.338 e. The molecule has 0 radical (unpaired) electrons. The minimum Gasteiger partial charge on any atom is -0.338 e. The van der Waals surface area contributed by atoms with Crippen LogP contribution in [0.15, 0.2) is 90.4 Å². The smallest absolute Gasteiger partial charge is 0.270 e. The standard InChI is InChI=1S/C34H35N7O3/c1-21(2)41-19-25(10-14-31(41)42)24-6-5-22-9-13-27(28(22)17-24)32(38-33(43)29-15-16-36-40(29)4)34(44)37-26-11-7-23(8-12-26)30-18-35-20-39(30)3/h5-8,10-12,14-21,27,32H,9,13H2,1-4H3,(H,37,44)(H,38,43)/t27?,32-/m0/s1. The van der Waals surface area contributed by atoms with E-state index < -0.39 is 6.04 Å². The number of aryl methyl sites for hydroxylation is 3. The Morgan fingerprint density at radius 3 is 2.39 bits per heavy atom. The molecule has 0 spiro atoms. The van der Waals surface area contributed by atoms with Crippen LogP contribution in [0.5, 0.6) is 0 Å². The molecule has 6 rings (SSSR count). The molecule has 0 saturated heterocycles. The summed E-state index contributed by atoms with van der Waals surface area (Å²) in [7, 11) is 3.63. The predicted octanol–water partition coefficient (Wildman–Crippen LogP) is 4.70. The predicted molar refractivity (Wildman–Crippen MR) is 169 cm³/mol. The van der Waals surface area contributed by atoms with Gasteiger partial charge in [-0.2, -0.15) is 5.10 Å². The van der Waals surface area contributed by atoms with Gasteiger partial charge in [0.15, 0.2) is 0 Å². The molecule has 0 saturated carbocycles. The number of nitrogens with zero attached hydrogens (tertiary/aromatic N) is 5. The fourth-order valence-electron chi connectivity index (χ4n) is 5.98. The zero-order chi connectivity index (χ0) is 31.0. The topological polar surface area (TPSA) is 116 Å². The van der Waals surface area contributed by atoms with Gasteiger partial charge in [0, 0.05) is 50.2 Å². The molecular formula is C34H35N7O3. The first-order valence-electron chi connectivity index (χ1n) is 14.7. The SMILES string of the molecule is CC(C)n1cc(-c2ccc3c(c2)C([C@H](NC(=O)c2ccnn2C)C(=O)Nc2ccc(-c4cncn4C)cc2)CC3)ccc1=O. The van der Waals surface area contributed by atoms with E-state index in [1.165, 1.54) is 4.68 Å². The van der Waals surface area contributed by atoms with Crippen LogP contribution in [0.25, 0.3) is 22.4 Å². The molecular weight excluding hydrogens is 554 g/mol. The summed E-state index contributed by atoms with van der Waals surface area (Å²) in [5.74, 6) is -0.928. The summed E-state index contributed by atoms with van der Waals surface area (Å²) >= 11 is 0. The van der Waals surface area contributed by atoms with E-state index in [2.05, 4.69) is 38.9 Å². The third kappa shape index (κ3) is 5.58. The Bertz CT molecular complexity index is 1900. The van der Waals surface area contributed by atoms with E-state index >= 15 is 0 Å². The normalized spacial score (nSPS) is 14.8. The van der Waals surface area contributed by atoms with Gasteiger partial charge in [0.1, 0.15) is 11.7 Å².